The third-order valence-electron chi connectivity index (χ3n) is 4.16. The van der Waals surface area contributed by atoms with Crippen LogP contribution in [-0.4, -0.2) is 37.1 Å². The first kappa shape index (κ1) is 16.0. The second kappa shape index (κ2) is 10.8. The molecule has 0 amide bonds. The van der Waals surface area contributed by atoms with Crippen molar-refractivity contribution in [1.82, 2.24) is 10.2 Å². The molecule has 0 aromatic heterocycles. The third kappa shape index (κ3) is 7.38. The molecule has 0 saturated carbocycles. The first-order valence-electron chi connectivity index (χ1n) is 8.29. The Hall–Kier alpha value is -0.0800. The van der Waals surface area contributed by atoms with Crippen LogP contribution in [0.2, 0.25) is 0 Å². The van der Waals surface area contributed by atoms with Gasteiger partial charge in [-0.2, -0.15) is 0 Å². The lowest BCUT2D eigenvalue weighted by atomic mass is 10.1. The minimum absolute atomic E-state index is 0.733. The van der Waals surface area contributed by atoms with Crippen molar-refractivity contribution in [1.29, 1.82) is 0 Å². The topological polar surface area (TPSA) is 15.3 Å². The molecule has 1 rings (SSSR count). The average molecular weight is 254 g/mol. The minimum Gasteiger partial charge on any atom is -0.315 e. The molecular formula is C16H34N2. The zero-order valence-electron chi connectivity index (χ0n) is 12.7. The van der Waals surface area contributed by atoms with E-state index in [9.17, 15) is 0 Å². The Morgan fingerprint density at radius 2 is 1.56 bits per heavy atom. The molecule has 1 N–H and O–H groups in total. The lowest BCUT2D eigenvalue weighted by molar-refractivity contribution is 0.252. The Morgan fingerprint density at radius 3 is 2.22 bits per heavy atom. The van der Waals surface area contributed by atoms with Crippen LogP contribution in [0, 0.1) is 0 Å². The van der Waals surface area contributed by atoms with Crippen LogP contribution in [0.1, 0.15) is 71.6 Å². The summed E-state index contributed by atoms with van der Waals surface area (Å²) in [5, 5.41) is 3.62. The van der Waals surface area contributed by atoms with E-state index in [1.807, 2.05) is 0 Å². The molecule has 1 unspecified atom stereocenters. The summed E-state index contributed by atoms with van der Waals surface area (Å²) in [5.74, 6) is 0. The predicted molar refractivity (Wildman–Crippen MR) is 81.1 cm³/mol. The van der Waals surface area contributed by atoms with Gasteiger partial charge in [0.15, 0.2) is 0 Å². The molecule has 0 bridgehead atoms. The van der Waals surface area contributed by atoms with Crippen LogP contribution >= 0.6 is 0 Å². The number of nitrogens with one attached hydrogen (secondary N) is 1. The van der Waals surface area contributed by atoms with Crippen molar-refractivity contribution in [3.05, 3.63) is 0 Å². The molecule has 0 aromatic rings. The second-order valence-electron chi connectivity index (χ2n) is 5.92. The van der Waals surface area contributed by atoms with Crippen LogP contribution in [0.3, 0.4) is 0 Å². The summed E-state index contributed by atoms with van der Waals surface area (Å²) in [6.45, 7) is 9.68. The first-order valence-corrected chi connectivity index (χ1v) is 8.29. The molecule has 1 aliphatic rings. The highest BCUT2D eigenvalue weighted by Gasteiger charge is 2.16. The number of hydrogen-bond donors (Lipinski definition) is 1. The van der Waals surface area contributed by atoms with E-state index in [0.717, 1.165) is 6.04 Å². The van der Waals surface area contributed by atoms with E-state index in [2.05, 4.69) is 24.1 Å². The minimum atomic E-state index is 0.733. The lowest BCUT2D eigenvalue weighted by Crippen LogP contribution is -2.38. The van der Waals surface area contributed by atoms with Gasteiger partial charge in [-0.15, -0.1) is 0 Å². The van der Waals surface area contributed by atoms with Crippen LogP contribution in [0.5, 0.6) is 0 Å². The monoisotopic (exact) mass is 254 g/mol. The lowest BCUT2D eigenvalue weighted by Gasteiger charge is -2.23. The standard InChI is InChI=1S/C16H34N2/c1-3-4-5-6-7-8-9-12-17-15-16(2)18-13-10-11-14-18/h16-17H,3-15H2,1-2H3. The number of likely N-dealkylation sites (tertiary alicyclic amines) is 1. The van der Waals surface area contributed by atoms with E-state index >= 15 is 0 Å². The van der Waals surface area contributed by atoms with Crippen molar-refractivity contribution in [2.75, 3.05) is 26.2 Å². The maximum absolute atomic E-state index is 3.62. The van der Waals surface area contributed by atoms with Crippen LogP contribution in [0.25, 0.3) is 0 Å². The van der Waals surface area contributed by atoms with Gasteiger partial charge in [0, 0.05) is 12.6 Å². The quantitative estimate of drug-likeness (QED) is 0.564. The molecule has 1 fully saturated rings. The molecule has 2 heteroatoms. The van der Waals surface area contributed by atoms with E-state index in [1.165, 1.54) is 84.0 Å². The first-order chi connectivity index (χ1) is 8.84. The van der Waals surface area contributed by atoms with Gasteiger partial charge in [-0.1, -0.05) is 45.4 Å². The Balaban J connectivity index is 1.80. The number of unbranched alkanes of at least 4 members (excludes halogenated alkanes) is 6. The van der Waals surface area contributed by atoms with E-state index in [-0.39, 0.29) is 0 Å². The van der Waals surface area contributed by atoms with Gasteiger partial charge >= 0.3 is 0 Å². The Bertz CT molecular complexity index is 176. The SMILES string of the molecule is CCCCCCCCCNCC(C)N1CCCC1. The molecule has 1 saturated heterocycles. The van der Waals surface area contributed by atoms with Gasteiger partial charge in [0.25, 0.3) is 0 Å². The zero-order chi connectivity index (χ0) is 13.1. The van der Waals surface area contributed by atoms with Gasteiger partial charge in [-0.05, 0) is 45.8 Å². The highest BCUT2D eigenvalue weighted by molar-refractivity contribution is 4.74. The largest absolute Gasteiger partial charge is 0.315 e. The predicted octanol–water partition coefficient (Wildman–Crippen LogP) is 3.81. The van der Waals surface area contributed by atoms with Gasteiger partial charge in [0.1, 0.15) is 0 Å². The molecule has 108 valence electrons. The van der Waals surface area contributed by atoms with Crippen LogP contribution in [-0.2, 0) is 0 Å². The molecule has 0 aliphatic carbocycles. The van der Waals surface area contributed by atoms with Crippen LogP contribution in [0.15, 0.2) is 0 Å². The molecule has 2 nitrogen and oxygen atoms in total. The van der Waals surface area contributed by atoms with Crippen molar-refractivity contribution in [3.63, 3.8) is 0 Å². The molecule has 0 aromatic carbocycles. The molecule has 0 radical (unpaired) electrons. The van der Waals surface area contributed by atoms with Crippen LogP contribution in [0.4, 0.5) is 0 Å². The summed E-state index contributed by atoms with van der Waals surface area (Å²) < 4.78 is 0. The highest BCUT2D eigenvalue weighted by atomic mass is 15.2. The number of nitrogens with zero attached hydrogens (tertiary/aromatic N) is 1. The smallest absolute Gasteiger partial charge is 0.0192 e. The fourth-order valence-electron chi connectivity index (χ4n) is 2.83. The van der Waals surface area contributed by atoms with Crippen molar-refractivity contribution in [2.24, 2.45) is 0 Å². The van der Waals surface area contributed by atoms with E-state index in [4.69, 9.17) is 0 Å². The van der Waals surface area contributed by atoms with Crippen LogP contribution < -0.4 is 5.32 Å². The number of rotatable bonds is 11. The van der Waals surface area contributed by atoms with E-state index in [0.29, 0.717) is 0 Å². The third-order valence-corrected chi connectivity index (χ3v) is 4.16. The maximum Gasteiger partial charge on any atom is 0.0192 e. The molecule has 1 aliphatic heterocycles. The second-order valence-corrected chi connectivity index (χ2v) is 5.92. The Morgan fingerprint density at radius 1 is 0.944 bits per heavy atom. The maximum atomic E-state index is 3.62. The van der Waals surface area contributed by atoms with E-state index < -0.39 is 0 Å². The van der Waals surface area contributed by atoms with Gasteiger partial charge in [0.2, 0.25) is 0 Å². The van der Waals surface area contributed by atoms with Crippen molar-refractivity contribution in [2.45, 2.75) is 77.7 Å². The van der Waals surface area contributed by atoms with Crippen molar-refractivity contribution < 1.29 is 0 Å². The Kier molecular flexibility index (Phi) is 9.59. The average Bonchev–Trinajstić information content (AvgIpc) is 2.90. The summed E-state index contributed by atoms with van der Waals surface area (Å²) in [4.78, 5) is 2.62. The highest BCUT2D eigenvalue weighted by Crippen LogP contribution is 2.10. The van der Waals surface area contributed by atoms with Gasteiger partial charge in [-0.25, -0.2) is 0 Å². The summed E-state index contributed by atoms with van der Waals surface area (Å²) in [6, 6.07) is 0.733. The molecule has 18 heavy (non-hydrogen) atoms. The fourth-order valence-corrected chi connectivity index (χ4v) is 2.83. The summed E-state index contributed by atoms with van der Waals surface area (Å²) in [5.41, 5.74) is 0. The molecular weight excluding hydrogens is 220 g/mol. The van der Waals surface area contributed by atoms with Crippen molar-refractivity contribution >= 4 is 0 Å². The summed E-state index contributed by atoms with van der Waals surface area (Å²) >= 11 is 0. The fraction of sp³-hybridized carbons (Fsp3) is 1.00. The zero-order valence-corrected chi connectivity index (χ0v) is 12.7. The number of hydrogen-bond acceptors (Lipinski definition) is 2. The van der Waals surface area contributed by atoms with Crippen molar-refractivity contribution in [3.8, 4) is 0 Å². The molecule has 0 spiro atoms. The Labute approximate surface area is 115 Å². The normalized spacial score (nSPS) is 18.3. The van der Waals surface area contributed by atoms with E-state index in [1.54, 1.807) is 0 Å². The molecule has 1 atom stereocenters. The van der Waals surface area contributed by atoms with Gasteiger partial charge < -0.3 is 5.32 Å². The summed E-state index contributed by atoms with van der Waals surface area (Å²) in [7, 11) is 0. The summed E-state index contributed by atoms with van der Waals surface area (Å²) in [6.07, 6.45) is 12.7. The van der Waals surface area contributed by atoms with Gasteiger partial charge in [-0.3, -0.25) is 4.90 Å². The molecule has 1 heterocycles. The van der Waals surface area contributed by atoms with Gasteiger partial charge in [0.05, 0.1) is 0 Å².